The molecule has 2 nitrogen and oxygen atoms in total. The zero-order valence-corrected chi connectivity index (χ0v) is 11.3. The fourth-order valence-corrected chi connectivity index (χ4v) is 2.38. The van der Waals surface area contributed by atoms with Crippen LogP contribution in [0.2, 0.25) is 5.02 Å². The second kappa shape index (κ2) is 5.74. The zero-order chi connectivity index (χ0) is 12.3. The van der Waals surface area contributed by atoms with Crippen molar-refractivity contribution in [2.45, 2.75) is 26.3 Å². The summed E-state index contributed by atoms with van der Waals surface area (Å²) in [5.41, 5.74) is 1.21. The number of hydrogen-bond acceptors (Lipinski definition) is 2. The second-order valence-corrected chi connectivity index (χ2v) is 5.32. The average Bonchev–Trinajstić information content (AvgIpc) is 3.13. The van der Waals surface area contributed by atoms with Crippen molar-refractivity contribution in [3.63, 3.8) is 0 Å². The van der Waals surface area contributed by atoms with Crippen molar-refractivity contribution in [1.82, 2.24) is 5.32 Å². The Morgan fingerprint density at radius 2 is 2.24 bits per heavy atom. The molecule has 0 aliphatic heterocycles. The molecule has 1 N–H and O–H groups in total. The van der Waals surface area contributed by atoms with Gasteiger partial charge in [0.1, 0.15) is 5.75 Å². The molecule has 1 atom stereocenters. The Kier molecular flexibility index (Phi) is 4.30. The van der Waals surface area contributed by atoms with Crippen LogP contribution >= 0.6 is 11.6 Å². The molecule has 1 aliphatic rings. The lowest BCUT2D eigenvalue weighted by molar-refractivity contribution is 0.414. The predicted molar refractivity (Wildman–Crippen MR) is 71.6 cm³/mol. The molecule has 0 bridgehead atoms. The number of nitrogens with one attached hydrogen (secondary N) is 1. The SMILES string of the molecule is COc1ccc(CNCC(C)C2CC2)cc1Cl. The van der Waals surface area contributed by atoms with E-state index >= 15 is 0 Å². The van der Waals surface area contributed by atoms with E-state index in [1.165, 1.54) is 18.4 Å². The minimum Gasteiger partial charge on any atom is -0.495 e. The average molecular weight is 254 g/mol. The van der Waals surface area contributed by atoms with E-state index in [1.807, 2.05) is 12.1 Å². The van der Waals surface area contributed by atoms with Crippen molar-refractivity contribution in [3.8, 4) is 5.75 Å². The van der Waals surface area contributed by atoms with Gasteiger partial charge in [0.05, 0.1) is 12.1 Å². The Labute approximate surface area is 108 Å². The van der Waals surface area contributed by atoms with Crippen LogP contribution in [0.4, 0.5) is 0 Å². The van der Waals surface area contributed by atoms with Crippen molar-refractivity contribution in [2.24, 2.45) is 11.8 Å². The van der Waals surface area contributed by atoms with Crippen molar-refractivity contribution >= 4 is 11.6 Å². The summed E-state index contributed by atoms with van der Waals surface area (Å²) in [5, 5.41) is 4.17. The lowest BCUT2D eigenvalue weighted by Gasteiger charge is -2.12. The standard InChI is InChI=1S/C14H20ClNO/c1-10(12-4-5-12)8-16-9-11-3-6-14(17-2)13(15)7-11/h3,6-7,10,12,16H,4-5,8-9H2,1-2H3. The van der Waals surface area contributed by atoms with Crippen LogP contribution in [-0.2, 0) is 6.54 Å². The zero-order valence-electron chi connectivity index (χ0n) is 10.5. The minimum atomic E-state index is 0.682. The molecule has 17 heavy (non-hydrogen) atoms. The molecule has 1 fully saturated rings. The number of halogens is 1. The number of methoxy groups -OCH3 is 1. The lowest BCUT2D eigenvalue weighted by atomic mass is 10.1. The molecule has 1 aromatic rings. The van der Waals surface area contributed by atoms with Crippen molar-refractivity contribution in [3.05, 3.63) is 28.8 Å². The number of benzene rings is 1. The molecule has 1 aliphatic carbocycles. The van der Waals surface area contributed by atoms with Gasteiger partial charge in [0, 0.05) is 6.54 Å². The fraction of sp³-hybridized carbons (Fsp3) is 0.571. The van der Waals surface area contributed by atoms with E-state index in [4.69, 9.17) is 16.3 Å². The first kappa shape index (κ1) is 12.7. The molecule has 3 heteroatoms. The van der Waals surface area contributed by atoms with Crippen LogP contribution in [0, 0.1) is 11.8 Å². The van der Waals surface area contributed by atoms with Crippen LogP contribution in [-0.4, -0.2) is 13.7 Å². The Balaban J connectivity index is 1.80. The van der Waals surface area contributed by atoms with Gasteiger partial charge in [0.2, 0.25) is 0 Å². The highest BCUT2D eigenvalue weighted by Crippen LogP contribution is 2.36. The summed E-state index contributed by atoms with van der Waals surface area (Å²) < 4.78 is 5.13. The van der Waals surface area contributed by atoms with Crippen LogP contribution < -0.4 is 10.1 Å². The summed E-state index contributed by atoms with van der Waals surface area (Å²) in [6.45, 7) is 4.29. The van der Waals surface area contributed by atoms with E-state index < -0.39 is 0 Å². The summed E-state index contributed by atoms with van der Waals surface area (Å²) in [7, 11) is 1.64. The summed E-state index contributed by atoms with van der Waals surface area (Å²) in [5.74, 6) is 2.49. The molecule has 0 spiro atoms. The molecule has 94 valence electrons. The highest BCUT2D eigenvalue weighted by Gasteiger charge is 2.27. The normalized spacial score (nSPS) is 16.9. The highest BCUT2D eigenvalue weighted by atomic mass is 35.5. The van der Waals surface area contributed by atoms with Crippen molar-refractivity contribution in [1.29, 1.82) is 0 Å². The molecule has 0 heterocycles. The van der Waals surface area contributed by atoms with Crippen LogP contribution in [0.15, 0.2) is 18.2 Å². The highest BCUT2D eigenvalue weighted by molar-refractivity contribution is 6.32. The monoisotopic (exact) mass is 253 g/mol. The summed E-state index contributed by atoms with van der Waals surface area (Å²) in [6, 6.07) is 5.94. The topological polar surface area (TPSA) is 21.3 Å². The third-order valence-corrected chi connectivity index (χ3v) is 3.73. The molecule has 1 saturated carbocycles. The van der Waals surface area contributed by atoms with Gasteiger partial charge in [-0.15, -0.1) is 0 Å². The summed E-state index contributed by atoms with van der Waals surface area (Å²) in [6.07, 6.45) is 2.83. The van der Waals surface area contributed by atoms with Gasteiger partial charge in [0.15, 0.2) is 0 Å². The van der Waals surface area contributed by atoms with E-state index in [-0.39, 0.29) is 0 Å². The fourth-order valence-electron chi connectivity index (χ4n) is 2.10. The third kappa shape index (κ3) is 3.62. The van der Waals surface area contributed by atoms with E-state index in [1.54, 1.807) is 7.11 Å². The molecular weight excluding hydrogens is 234 g/mol. The predicted octanol–water partition coefficient (Wildman–Crippen LogP) is 3.48. The lowest BCUT2D eigenvalue weighted by Crippen LogP contribution is -2.21. The molecule has 0 saturated heterocycles. The maximum Gasteiger partial charge on any atom is 0.137 e. The first-order chi connectivity index (χ1) is 8.20. The van der Waals surface area contributed by atoms with Gasteiger partial charge >= 0.3 is 0 Å². The van der Waals surface area contributed by atoms with Crippen LogP contribution in [0.3, 0.4) is 0 Å². The molecule has 0 radical (unpaired) electrons. The smallest absolute Gasteiger partial charge is 0.137 e. The van der Waals surface area contributed by atoms with Gasteiger partial charge in [0.25, 0.3) is 0 Å². The van der Waals surface area contributed by atoms with Crippen molar-refractivity contribution < 1.29 is 4.74 Å². The van der Waals surface area contributed by atoms with E-state index in [0.29, 0.717) is 5.02 Å². The van der Waals surface area contributed by atoms with Gasteiger partial charge in [-0.05, 0) is 48.9 Å². The van der Waals surface area contributed by atoms with Gasteiger partial charge < -0.3 is 10.1 Å². The summed E-state index contributed by atoms with van der Waals surface area (Å²) >= 11 is 6.08. The summed E-state index contributed by atoms with van der Waals surface area (Å²) in [4.78, 5) is 0. The molecular formula is C14H20ClNO. The molecule has 0 amide bonds. The van der Waals surface area contributed by atoms with Gasteiger partial charge in [-0.25, -0.2) is 0 Å². The number of ether oxygens (including phenoxy) is 1. The van der Waals surface area contributed by atoms with Gasteiger partial charge in [-0.2, -0.15) is 0 Å². The molecule has 1 aromatic carbocycles. The van der Waals surface area contributed by atoms with Crippen LogP contribution in [0.1, 0.15) is 25.3 Å². The Morgan fingerprint density at radius 3 is 2.82 bits per heavy atom. The minimum absolute atomic E-state index is 0.682. The van der Waals surface area contributed by atoms with Crippen LogP contribution in [0.5, 0.6) is 5.75 Å². The van der Waals surface area contributed by atoms with E-state index in [0.717, 1.165) is 30.7 Å². The third-order valence-electron chi connectivity index (χ3n) is 3.44. The Morgan fingerprint density at radius 1 is 1.47 bits per heavy atom. The molecule has 2 rings (SSSR count). The Hall–Kier alpha value is -0.730. The Bertz CT molecular complexity index is 376. The van der Waals surface area contributed by atoms with E-state index in [9.17, 15) is 0 Å². The number of hydrogen-bond donors (Lipinski definition) is 1. The number of rotatable bonds is 6. The van der Waals surface area contributed by atoms with Gasteiger partial charge in [-0.1, -0.05) is 24.6 Å². The molecule has 1 unspecified atom stereocenters. The first-order valence-electron chi connectivity index (χ1n) is 6.24. The first-order valence-corrected chi connectivity index (χ1v) is 6.61. The largest absolute Gasteiger partial charge is 0.495 e. The van der Waals surface area contributed by atoms with Crippen LogP contribution in [0.25, 0.3) is 0 Å². The maximum atomic E-state index is 6.08. The van der Waals surface area contributed by atoms with E-state index in [2.05, 4.69) is 18.3 Å². The second-order valence-electron chi connectivity index (χ2n) is 4.91. The van der Waals surface area contributed by atoms with Crippen molar-refractivity contribution in [2.75, 3.05) is 13.7 Å². The molecule has 0 aromatic heterocycles. The maximum absolute atomic E-state index is 6.08. The quantitative estimate of drug-likeness (QED) is 0.838. The van der Waals surface area contributed by atoms with Gasteiger partial charge in [-0.3, -0.25) is 0 Å².